The Kier molecular flexibility index (Phi) is 1.35. The van der Waals surface area contributed by atoms with Gasteiger partial charge in [-0.05, 0) is 37.0 Å². The van der Waals surface area contributed by atoms with Crippen molar-refractivity contribution >= 4 is 0 Å². The molecule has 0 saturated carbocycles. The molecule has 11 heavy (non-hydrogen) atoms. The number of rotatable bonds is 0. The summed E-state index contributed by atoms with van der Waals surface area (Å²) >= 11 is 0. The zero-order valence-corrected chi connectivity index (χ0v) is 7.02. The summed E-state index contributed by atoms with van der Waals surface area (Å²) in [6, 6.07) is 0. The molecule has 0 aromatic carbocycles. The first-order chi connectivity index (χ1) is 5.27. The van der Waals surface area contributed by atoms with Gasteiger partial charge < -0.3 is 0 Å². The van der Waals surface area contributed by atoms with Gasteiger partial charge in [0.2, 0.25) is 0 Å². The van der Waals surface area contributed by atoms with Crippen molar-refractivity contribution < 1.29 is 0 Å². The molecule has 0 atom stereocenters. The smallest absolute Gasteiger partial charge is 0.00173 e. The minimum absolute atomic E-state index is 1.21. The van der Waals surface area contributed by atoms with Crippen LogP contribution in [-0.4, -0.2) is 0 Å². The first-order valence-electron chi connectivity index (χ1n) is 4.03. The molecule has 0 aliphatic heterocycles. The van der Waals surface area contributed by atoms with Gasteiger partial charge in [-0.1, -0.05) is 29.9 Å². The summed E-state index contributed by atoms with van der Waals surface area (Å²) in [4.78, 5) is 0. The van der Waals surface area contributed by atoms with Gasteiger partial charge in [0.1, 0.15) is 0 Å². The fraction of sp³-hybridized carbons (Fsp3) is 0.273. The third-order valence-corrected chi connectivity index (χ3v) is 2.25. The lowest BCUT2D eigenvalue weighted by molar-refractivity contribution is 1.40. The summed E-state index contributed by atoms with van der Waals surface area (Å²) in [7, 11) is 0. The van der Waals surface area contributed by atoms with Crippen LogP contribution in [0.3, 0.4) is 0 Å². The second-order valence-electron chi connectivity index (χ2n) is 3.27. The average Bonchev–Trinajstić information content (AvgIpc) is 2.73. The highest BCUT2D eigenvalue weighted by molar-refractivity contribution is 5.57. The summed E-state index contributed by atoms with van der Waals surface area (Å²) in [5.41, 5.74) is 5.84. The van der Waals surface area contributed by atoms with Crippen molar-refractivity contribution in [1.29, 1.82) is 0 Å². The highest BCUT2D eigenvalue weighted by atomic mass is 14.2. The molecule has 2 aliphatic carbocycles. The van der Waals surface area contributed by atoms with Crippen LogP contribution in [0.5, 0.6) is 0 Å². The zero-order chi connectivity index (χ0) is 7.84. The van der Waals surface area contributed by atoms with E-state index in [9.17, 15) is 0 Å². The summed E-state index contributed by atoms with van der Waals surface area (Å²) < 4.78 is 0. The van der Waals surface area contributed by atoms with Crippen molar-refractivity contribution in [3.8, 4) is 0 Å². The molecule has 0 aromatic heterocycles. The van der Waals surface area contributed by atoms with Gasteiger partial charge in [-0.3, -0.25) is 0 Å². The number of allylic oxidation sites excluding steroid dienone is 8. The second-order valence-corrected chi connectivity index (χ2v) is 3.27. The second kappa shape index (κ2) is 2.23. The van der Waals surface area contributed by atoms with Crippen molar-refractivity contribution in [3.63, 3.8) is 0 Å². The Morgan fingerprint density at radius 3 is 2.73 bits per heavy atom. The molecular weight excluding hydrogens is 132 g/mol. The van der Waals surface area contributed by atoms with E-state index in [0.717, 1.165) is 0 Å². The van der Waals surface area contributed by atoms with E-state index >= 15 is 0 Å². The van der Waals surface area contributed by atoms with Crippen molar-refractivity contribution in [1.82, 2.24) is 0 Å². The molecule has 0 unspecified atom stereocenters. The lowest BCUT2D eigenvalue weighted by Crippen LogP contribution is -1.72. The Hall–Kier alpha value is -1.04. The van der Waals surface area contributed by atoms with Crippen molar-refractivity contribution in [2.75, 3.05) is 0 Å². The van der Waals surface area contributed by atoms with Gasteiger partial charge in [-0.15, -0.1) is 0 Å². The van der Waals surface area contributed by atoms with Gasteiger partial charge in [0.25, 0.3) is 0 Å². The summed E-state index contributed by atoms with van der Waals surface area (Å²) in [5.74, 6) is 0. The molecule has 56 valence electrons. The van der Waals surface area contributed by atoms with E-state index in [1.54, 1.807) is 5.57 Å². The van der Waals surface area contributed by atoms with E-state index in [1.165, 1.54) is 23.1 Å². The van der Waals surface area contributed by atoms with Crippen molar-refractivity contribution in [3.05, 3.63) is 46.6 Å². The molecule has 0 N–H and O–H groups in total. The lowest BCUT2D eigenvalue weighted by atomic mass is 10.1. The molecule has 2 aliphatic rings. The normalized spacial score (nSPS) is 21.6. The fourth-order valence-corrected chi connectivity index (χ4v) is 1.34. The maximum Gasteiger partial charge on any atom is -0.00173 e. The van der Waals surface area contributed by atoms with E-state index in [1.807, 2.05) is 0 Å². The van der Waals surface area contributed by atoms with E-state index in [4.69, 9.17) is 0 Å². The minimum atomic E-state index is 1.21. The van der Waals surface area contributed by atoms with E-state index in [-0.39, 0.29) is 0 Å². The molecule has 2 rings (SSSR count). The molecule has 0 radical (unpaired) electrons. The summed E-state index contributed by atoms with van der Waals surface area (Å²) in [6.45, 7) is 4.32. The van der Waals surface area contributed by atoms with Crippen LogP contribution in [0.2, 0.25) is 0 Å². The monoisotopic (exact) mass is 144 g/mol. The van der Waals surface area contributed by atoms with Crippen LogP contribution in [0, 0.1) is 0 Å². The third kappa shape index (κ3) is 1.21. The summed E-state index contributed by atoms with van der Waals surface area (Å²) in [6.07, 6.45) is 10.0. The third-order valence-electron chi connectivity index (χ3n) is 2.25. The predicted octanol–water partition coefficient (Wildman–Crippen LogP) is 3.15. The van der Waals surface area contributed by atoms with Crippen LogP contribution >= 0.6 is 0 Å². The Labute approximate surface area is 67.6 Å². The molecule has 0 spiro atoms. The molecule has 0 saturated heterocycles. The largest absolute Gasteiger partial charge is 0.0591 e. The van der Waals surface area contributed by atoms with Crippen LogP contribution in [0.4, 0.5) is 0 Å². The van der Waals surface area contributed by atoms with E-state index in [0.29, 0.717) is 0 Å². The Morgan fingerprint density at radius 1 is 1.09 bits per heavy atom. The predicted molar refractivity (Wildman–Crippen MR) is 48.3 cm³/mol. The number of hydrogen-bond acceptors (Lipinski definition) is 0. The maximum atomic E-state index is 2.23. The average molecular weight is 144 g/mol. The molecule has 0 heterocycles. The van der Waals surface area contributed by atoms with Crippen molar-refractivity contribution in [2.45, 2.75) is 20.3 Å². The highest BCUT2D eigenvalue weighted by Crippen LogP contribution is 2.38. The van der Waals surface area contributed by atoms with Gasteiger partial charge in [-0.25, -0.2) is 0 Å². The molecule has 0 bridgehead atoms. The van der Waals surface area contributed by atoms with Gasteiger partial charge in [0, 0.05) is 0 Å². The topological polar surface area (TPSA) is 0 Å². The van der Waals surface area contributed by atoms with Gasteiger partial charge in [0.15, 0.2) is 0 Å². The van der Waals surface area contributed by atoms with Crippen LogP contribution in [-0.2, 0) is 0 Å². The van der Waals surface area contributed by atoms with Gasteiger partial charge in [-0.2, -0.15) is 0 Å². The Bertz CT molecular complexity index is 309. The quantitative estimate of drug-likeness (QED) is 0.490. The molecular formula is C11H12. The standard InChI is InChI=1S/C11H12/c1-8-3-5-9(2)11-7-10(11)6-4-8/h3-6H,7H2,1-2H3. The van der Waals surface area contributed by atoms with E-state index in [2.05, 4.69) is 38.2 Å². The molecule has 0 amide bonds. The molecule has 0 heteroatoms. The number of hydrogen-bond donors (Lipinski definition) is 0. The SMILES string of the molecule is CC1=CC=C(C)C2=C(C=C1)C2. The van der Waals surface area contributed by atoms with Crippen LogP contribution < -0.4 is 0 Å². The van der Waals surface area contributed by atoms with Crippen LogP contribution in [0.25, 0.3) is 0 Å². The molecule has 0 aromatic rings. The molecule has 0 fully saturated rings. The maximum absolute atomic E-state index is 2.23. The summed E-state index contributed by atoms with van der Waals surface area (Å²) in [5, 5.41) is 0. The lowest BCUT2D eigenvalue weighted by Gasteiger charge is -1.93. The Morgan fingerprint density at radius 2 is 1.91 bits per heavy atom. The first kappa shape index (κ1) is 6.66. The fourth-order valence-electron chi connectivity index (χ4n) is 1.34. The molecule has 0 nitrogen and oxygen atoms in total. The van der Waals surface area contributed by atoms with Gasteiger partial charge in [0.05, 0.1) is 0 Å². The Balaban J connectivity index is 2.38. The van der Waals surface area contributed by atoms with Crippen LogP contribution in [0.15, 0.2) is 46.6 Å². The van der Waals surface area contributed by atoms with Gasteiger partial charge >= 0.3 is 0 Å². The first-order valence-corrected chi connectivity index (χ1v) is 4.03. The van der Waals surface area contributed by atoms with Crippen LogP contribution in [0.1, 0.15) is 20.3 Å². The van der Waals surface area contributed by atoms with Crippen molar-refractivity contribution in [2.24, 2.45) is 0 Å². The highest BCUT2D eigenvalue weighted by Gasteiger charge is 2.19. The van der Waals surface area contributed by atoms with E-state index < -0.39 is 0 Å². The minimum Gasteiger partial charge on any atom is -0.0591 e. The zero-order valence-electron chi connectivity index (χ0n) is 7.02.